The molecule has 6 nitrogen and oxygen atoms in total. The molecule has 31 heavy (non-hydrogen) atoms. The minimum atomic E-state index is -0.970. The van der Waals surface area contributed by atoms with Crippen molar-refractivity contribution < 1.29 is 14.7 Å². The lowest BCUT2D eigenvalue weighted by atomic mass is 9.97. The number of hydrogen-bond acceptors (Lipinski definition) is 5. The molecule has 1 atom stereocenters. The lowest BCUT2D eigenvalue weighted by molar-refractivity contribution is -0.143. The second-order valence-corrected chi connectivity index (χ2v) is 10.9. The van der Waals surface area contributed by atoms with Gasteiger partial charge in [-0.2, -0.15) is 0 Å². The van der Waals surface area contributed by atoms with Crippen molar-refractivity contribution in [2.45, 2.75) is 55.9 Å². The van der Waals surface area contributed by atoms with Crippen LogP contribution in [0.2, 0.25) is 0 Å². The van der Waals surface area contributed by atoms with Gasteiger partial charge < -0.3 is 5.11 Å². The van der Waals surface area contributed by atoms with Gasteiger partial charge in [0.1, 0.15) is 5.78 Å². The van der Waals surface area contributed by atoms with Crippen LogP contribution in [0.3, 0.4) is 0 Å². The topological polar surface area (TPSA) is 85.1 Å². The number of hydrogen-bond donors (Lipinski definition) is 1. The van der Waals surface area contributed by atoms with E-state index in [1.165, 1.54) is 35.6 Å². The van der Waals surface area contributed by atoms with E-state index in [1.807, 2.05) is 10.6 Å². The largest absolute Gasteiger partial charge is 0.481 e. The Bertz CT molecular complexity index is 1170. The molecule has 1 fully saturated rings. The summed E-state index contributed by atoms with van der Waals surface area (Å²) in [4.78, 5) is 24.0. The molecule has 1 heterocycles. The summed E-state index contributed by atoms with van der Waals surface area (Å²) in [7, 11) is 0. The van der Waals surface area contributed by atoms with Gasteiger partial charge in [-0.25, -0.2) is 0 Å². The van der Waals surface area contributed by atoms with E-state index < -0.39 is 16.6 Å². The van der Waals surface area contributed by atoms with Crippen LogP contribution in [0.15, 0.2) is 46.3 Å². The summed E-state index contributed by atoms with van der Waals surface area (Å²) in [6.07, 6.45) is 2.43. The molecule has 0 spiro atoms. The Morgan fingerprint density at radius 1 is 1.19 bits per heavy atom. The van der Waals surface area contributed by atoms with Crippen LogP contribution in [0.4, 0.5) is 0 Å². The number of fused-ring (bicyclic) bond motifs is 1. The molecule has 0 saturated heterocycles. The summed E-state index contributed by atoms with van der Waals surface area (Å²) in [5, 5.41) is 20.6. The Kier molecular flexibility index (Phi) is 5.96. The summed E-state index contributed by atoms with van der Waals surface area (Å²) < 4.78 is 1.62. The second-order valence-electron chi connectivity index (χ2n) is 8.56. The zero-order valence-electron chi connectivity index (χ0n) is 17.6. The van der Waals surface area contributed by atoms with Gasteiger partial charge in [0.2, 0.25) is 4.73 Å². The number of carboxylic acids is 1. The lowest BCUT2D eigenvalue weighted by Gasteiger charge is -2.23. The summed E-state index contributed by atoms with van der Waals surface area (Å²) in [5.41, 5.74) is 2.32. The molecule has 1 unspecified atom stereocenters. The van der Waals surface area contributed by atoms with Crippen LogP contribution in [0.5, 0.6) is 0 Å². The summed E-state index contributed by atoms with van der Waals surface area (Å²) in [6, 6.07) is 12.6. The Balaban J connectivity index is 1.72. The molecular weight excluding hydrogens is 478 g/mol. The number of nitrogens with zero attached hydrogens (tertiary/aromatic N) is 3. The van der Waals surface area contributed by atoms with Gasteiger partial charge in [-0.3, -0.25) is 14.2 Å². The van der Waals surface area contributed by atoms with E-state index in [9.17, 15) is 9.59 Å². The fraction of sp³-hybridized carbons (Fsp3) is 0.391. The Morgan fingerprint density at radius 3 is 2.52 bits per heavy atom. The quantitative estimate of drug-likeness (QED) is 0.403. The highest BCUT2D eigenvalue weighted by molar-refractivity contribution is 9.10. The van der Waals surface area contributed by atoms with Crippen LogP contribution in [0.1, 0.15) is 51.5 Å². The van der Waals surface area contributed by atoms with Crippen LogP contribution in [0.25, 0.3) is 16.5 Å². The maximum atomic E-state index is 12.8. The molecule has 1 aliphatic carbocycles. The van der Waals surface area contributed by atoms with E-state index in [1.54, 1.807) is 20.8 Å². The SMILES string of the molecule is CC(CC(=O)C(C)(C)Sc1nnc(Br)n1-c1ccc(C2CC2)c2ccccc12)C(=O)O. The van der Waals surface area contributed by atoms with Crippen LogP contribution in [-0.4, -0.2) is 36.4 Å². The zero-order valence-corrected chi connectivity index (χ0v) is 20.0. The first-order valence-corrected chi connectivity index (χ1v) is 11.9. The summed E-state index contributed by atoms with van der Waals surface area (Å²) >= 11 is 4.81. The first kappa shape index (κ1) is 22.0. The van der Waals surface area contributed by atoms with Gasteiger partial charge >= 0.3 is 5.97 Å². The number of aromatic nitrogens is 3. The van der Waals surface area contributed by atoms with Gasteiger partial charge in [-0.05, 0) is 65.6 Å². The third-order valence-corrected chi connectivity index (χ3v) is 7.42. The second kappa shape index (κ2) is 8.39. The van der Waals surface area contributed by atoms with Crippen molar-refractivity contribution in [3.05, 3.63) is 46.7 Å². The average molecular weight is 502 g/mol. The van der Waals surface area contributed by atoms with E-state index in [2.05, 4.69) is 56.5 Å². The molecule has 0 radical (unpaired) electrons. The monoisotopic (exact) mass is 501 g/mol. The summed E-state index contributed by atoms with van der Waals surface area (Å²) in [6.45, 7) is 5.15. The Morgan fingerprint density at radius 2 is 1.87 bits per heavy atom. The number of ketones is 1. The minimum Gasteiger partial charge on any atom is -0.481 e. The number of thioether (sulfide) groups is 1. The maximum Gasteiger partial charge on any atom is 0.306 e. The average Bonchev–Trinajstić information content (AvgIpc) is 3.51. The lowest BCUT2D eigenvalue weighted by Crippen LogP contribution is -2.31. The highest BCUT2D eigenvalue weighted by atomic mass is 79.9. The van der Waals surface area contributed by atoms with Gasteiger partial charge in [-0.15, -0.1) is 10.2 Å². The molecule has 8 heteroatoms. The molecule has 3 aromatic rings. The van der Waals surface area contributed by atoms with Crippen molar-refractivity contribution in [2.75, 3.05) is 0 Å². The van der Waals surface area contributed by atoms with Crippen molar-refractivity contribution in [1.82, 2.24) is 14.8 Å². The van der Waals surface area contributed by atoms with Crippen LogP contribution in [0, 0.1) is 5.92 Å². The van der Waals surface area contributed by atoms with Crippen LogP contribution < -0.4 is 0 Å². The standard InChI is InChI=1S/C23H24BrN3O3S/c1-13(20(29)30)12-19(28)23(2,3)31-22-26-25-21(24)27(22)18-11-10-15(14-8-9-14)16-6-4-5-7-17(16)18/h4-7,10-11,13-14H,8-9,12H2,1-3H3,(H,29,30). The molecule has 2 aromatic carbocycles. The molecule has 0 aliphatic heterocycles. The molecule has 1 aliphatic rings. The van der Waals surface area contributed by atoms with E-state index in [0.717, 1.165) is 11.1 Å². The molecule has 1 N–H and O–H groups in total. The normalized spacial score (nSPS) is 15.2. The summed E-state index contributed by atoms with van der Waals surface area (Å²) in [5.74, 6) is -1.20. The third-order valence-electron chi connectivity index (χ3n) is 5.72. The van der Waals surface area contributed by atoms with Gasteiger partial charge in [-0.1, -0.05) is 49.0 Å². The van der Waals surface area contributed by atoms with Gasteiger partial charge in [0, 0.05) is 11.8 Å². The molecule has 0 amide bonds. The van der Waals surface area contributed by atoms with E-state index in [-0.39, 0.29) is 12.2 Å². The van der Waals surface area contributed by atoms with E-state index in [0.29, 0.717) is 15.8 Å². The minimum absolute atomic E-state index is 0.0242. The highest BCUT2D eigenvalue weighted by Crippen LogP contribution is 2.45. The van der Waals surface area contributed by atoms with Crippen molar-refractivity contribution in [3.8, 4) is 5.69 Å². The number of carboxylic acid groups (broad SMARTS) is 1. The van der Waals surface area contributed by atoms with Crippen molar-refractivity contribution in [3.63, 3.8) is 0 Å². The van der Waals surface area contributed by atoms with Gasteiger partial charge in [0.15, 0.2) is 5.16 Å². The molecule has 1 aromatic heterocycles. The molecule has 0 bridgehead atoms. The Hall–Kier alpha value is -2.19. The smallest absolute Gasteiger partial charge is 0.306 e. The molecule has 1 saturated carbocycles. The number of aliphatic carboxylic acids is 1. The molecule has 4 rings (SSSR count). The zero-order chi connectivity index (χ0) is 22.3. The number of benzene rings is 2. The number of halogens is 1. The first-order chi connectivity index (χ1) is 14.7. The van der Waals surface area contributed by atoms with Crippen molar-refractivity contribution in [2.24, 2.45) is 5.92 Å². The molecule has 162 valence electrons. The highest BCUT2D eigenvalue weighted by Gasteiger charge is 2.34. The number of Topliss-reactive ketones (excluding diaryl/α,β-unsaturated/α-hetero) is 1. The fourth-order valence-electron chi connectivity index (χ4n) is 3.67. The van der Waals surface area contributed by atoms with Crippen molar-refractivity contribution >= 4 is 50.2 Å². The third kappa shape index (κ3) is 4.41. The van der Waals surface area contributed by atoms with Gasteiger partial charge in [0.05, 0.1) is 16.4 Å². The molecular formula is C23H24BrN3O3S. The van der Waals surface area contributed by atoms with Crippen LogP contribution in [-0.2, 0) is 9.59 Å². The number of carbonyl (C=O) groups is 2. The fourth-order valence-corrected chi connectivity index (χ4v) is 5.24. The van der Waals surface area contributed by atoms with Crippen molar-refractivity contribution in [1.29, 1.82) is 0 Å². The van der Waals surface area contributed by atoms with Crippen LogP contribution >= 0.6 is 27.7 Å². The Labute approximate surface area is 193 Å². The number of rotatable bonds is 8. The number of carbonyl (C=O) groups excluding carboxylic acids is 1. The predicted octanol–water partition coefficient (Wildman–Crippen LogP) is 5.61. The van der Waals surface area contributed by atoms with Gasteiger partial charge in [0.25, 0.3) is 0 Å². The van der Waals surface area contributed by atoms with E-state index >= 15 is 0 Å². The first-order valence-electron chi connectivity index (χ1n) is 10.3. The predicted molar refractivity (Wildman–Crippen MR) is 125 cm³/mol. The maximum absolute atomic E-state index is 12.8. The van der Waals surface area contributed by atoms with E-state index in [4.69, 9.17) is 5.11 Å².